The molecule has 0 radical (unpaired) electrons. The van der Waals surface area contributed by atoms with Gasteiger partial charge in [-0.1, -0.05) is 13.8 Å². The van der Waals surface area contributed by atoms with Gasteiger partial charge >= 0.3 is 0 Å². The zero-order valence-electron chi connectivity index (χ0n) is 6.59. The first kappa shape index (κ1) is 8.92. The number of rotatable bonds is 3. The van der Waals surface area contributed by atoms with Gasteiger partial charge in [-0.25, -0.2) is 0 Å². The molecule has 0 aromatic carbocycles. The van der Waals surface area contributed by atoms with Gasteiger partial charge < -0.3 is 11.5 Å². The normalized spacial score (nSPS) is 18.0. The van der Waals surface area contributed by atoms with Crippen LogP contribution in [0.25, 0.3) is 0 Å². The van der Waals surface area contributed by atoms with Crippen LogP contribution in [-0.4, -0.2) is 12.6 Å². The van der Waals surface area contributed by atoms with Crippen molar-refractivity contribution in [2.75, 3.05) is 6.54 Å². The van der Waals surface area contributed by atoms with E-state index in [-0.39, 0.29) is 6.04 Å². The van der Waals surface area contributed by atoms with Crippen LogP contribution in [0.3, 0.4) is 0 Å². The molecule has 0 fully saturated rings. The van der Waals surface area contributed by atoms with Crippen LogP contribution in [0.4, 0.5) is 0 Å². The van der Waals surface area contributed by atoms with Crippen LogP contribution in [0.2, 0.25) is 0 Å². The van der Waals surface area contributed by atoms with Crippen molar-refractivity contribution in [2.45, 2.75) is 26.8 Å². The molecule has 56 valence electrons. The zero-order valence-corrected chi connectivity index (χ0v) is 6.59. The summed E-state index contributed by atoms with van der Waals surface area (Å²) in [5.41, 5.74) is 11.2. The van der Waals surface area contributed by atoms with Gasteiger partial charge in [-0.15, -0.1) is 0 Å². The summed E-state index contributed by atoms with van der Waals surface area (Å²) in [6, 6.07) is 0.231. The maximum absolute atomic E-state index is 5.67. The van der Waals surface area contributed by atoms with E-state index in [0.717, 1.165) is 0 Å². The summed E-state index contributed by atoms with van der Waals surface area (Å²) in [7, 11) is 0. The van der Waals surface area contributed by atoms with Gasteiger partial charge in [0.1, 0.15) is 0 Å². The lowest BCUT2D eigenvalue weighted by atomic mass is 9.90. The van der Waals surface area contributed by atoms with Gasteiger partial charge in [0.05, 0.1) is 0 Å². The molecular formula is C7H18N2. The van der Waals surface area contributed by atoms with Gasteiger partial charge in [0.15, 0.2) is 0 Å². The Bertz CT molecular complexity index is 61.3. The molecule has 2 nitrogen and oxygen atoms in total. The standard InChI is InChI=1S/C7H18N2/c1-5(2)7(4-8)6(3)9/h5-7H,4,8-9H2,1-3H3. The first-order valence-electron chi connectivity index (χ1n) is 3.55. The fourth-order valence-corrected chi connectivity index (χ4v) is 1.09. The Hall–Kier alpha value is -0.0800. The fourth-order valence-electron chi connectivity index (χ4n) is 1.09. The lowest BCUT2D eigenvalue weighted by Crippen LogP contribution is -2.35. The molecule has 0 aromatic heterocycles. The van der Waals surface area contributed by atoms with Crippen molar-refractivity contribution in [2.24, 2.45) is 23.3 Å². The van der Waals surface area contributed by atoms with Crippen LogP contribution >= 0.6 is 0 Å². The Morgan fingerprint density at radius 3 is 1.67 bits per heavy atom. The topological polar surface area (TPSA) is 52.0 Å². The quantitative estimate of drug-likeness (QED) is 0.586. The first-order chi connectivity index (χ1) is 4.09. The van der Waals surface area contributed by atoms with Crippen molar-refractivity contribution < 1.29 is 0 Å². The molecule has 0 aliphatic carbocycles. The Morgan fingerprint density at radius 1 is 1.22 bits per heavy atom. The molecule has 0 aromatic rings. The van der Waals surface area contributed by atoms with E-state index in [0.29, 0.717) is 18.4 Å². The maximum atomic E-state index is 5.67. The molecule has 4 N–H and O–H groups in total. The highest BCUT2D eigenvalue weighted by Crippen LogP contribution is 2.11. The monoisotopic (exact) mass is 130 g/mol. The molecule has 0 saturated heterocycles. The summed E-state index contributed by atoms with van der Waals surface area (Å²) < 4.78 is 0. The summed E-state index contributed by atoms with van der Waals surface area (Å²) >= 11 is 0. The van der Waals surface area contributed by atoms with Gasteiger partial charge in [0, 0.05) is 6.04 Å². The van der Waals surface area contributed by atoms with E-state index >= 15 is 0 Å². The Balaban J connectivity index is 3.68. The van der Waals surface area contributed by atoms with E-state index in [1.807, 2.05) is 6.92 Å². The van der Waals surface area contributed by atoms with Crippen LogP contribution in [0.1, 0.15) is 20.8 Å². The molecule has 0 amide bonds. The van der Waals surface area contributed by atoms with E-state index in [1.165, 1.54) is 0 Å². The van der Waals surface area contributed by atoms with Crippen LogP contribution in [-0.2, 0) is 0 Å². The molecule has 2 atom stereocenters. The van der Waals surface area contributed by atoms with E-state index in [9.17, 15) is 0 Å². The molecule has 2 heteroatoms. The van der Waals surface area contributed by atoms with Gasteiger partial charge in [-0.05, 0) is 25.3 Å². The van der Waals surface area contributed by atoms with Gasteiger partial charge in [0.2, 0.25) is 0 Å². The highest BCUT2D eigenvalue weighted by molar-refractivity contribution is 4.71. The van der Waals surface area contributed by atoms with Crippen molar-refractivity contribution in [1.82, 2.24) is 0 Å². The van der Waals surface area contributed by atoms with E-state index in [4.69, 9.17) is 11.5 Å². The predicted octanol–water partition coefficient (Wildman–Crippen LogP) is 0.565. The third-order valence-corrected chi connectivity index (χ3v) is 1.80. The molecule has 0 saturated carbocycles. The van der Waals surface area contributed by atoms with Gasteiger partial charge in [0.25, 0.3) is 0 Å². The SMILES string of the molecule is CC(C)C(CN)C(C)N. The van der Waals surface area contributed by atoms with Gasteiger partial charge in [-0.3, -0.25) is 0 Å². The van der Waals surface area contributed by atoms with Crippen molar-refractivity contribution in [1.29, 1.82) is 0 Å². The lowest BCUT2D eigenvalue weighted by molar-refractivity contribution is 0.341. The van der Waals surface area contributed by atoms with E-state index in [1.54, 1.807) is 0 Å². The lowest BCUT2D eigenvalue weighted by Gasteiger charge is -2.22. The summed E-state index contributed by atoms with van der Waals surface area (Å²) in [4.78, 5) is 0. The highest BCUT2D eigenvalue weighted by atomic mass is 14.7. The molecule has 0 aliphatic heterocycles. The van der Waals surface area contributed by atoms with Crippen molar-refractivity contribution in [3.63, 3.8) is 0 Å². The second kappa shape index (κ2) is 3.85. The van der Waals surface area contributed by atoms with Crippen LogP contribution in [0.15, 0.2) is 0 Å². The van der Waals surface area contributed by atoms with Crippen LogP contribution in [0, 0.1) is 11.8 Å². The minimum Gasteiger partial charge on any atom is -0.330 e. The van der Waals surface area contributed by atoms with Crippen molar-refractivity contribution >= 4 is 0 Å². The van der Waals surface area contributed by atoms with Crippen LogP contribution in [0.5, 0.6) is 0 Å². The van der Waals surface area contributed by atoms with E-state index < -0.39 is 0 Å². The second-order valence-corrected chi connectivity index (χ2v) is 3.00. The van der Waals surface area contributed by atoms with Gasteiger partial charge in [-0.2, -0.15) is 0 Å². The molecular weight excluding hydrogens is 112 g/mol. The van der Waals surface area contributed by atoms with Crippen LogP contribution < -0.4 is 11.5 Å². The third-order valence-electron chi connectivity index (χ3n) is 1.80. The number of hydrogen-bond acceptors (Lipinski definition) is 2. The Labute approximate surface area is 57.6 Å². The van der Waals surface area contributed by atoms with Crippen molar-refractivity contribution in [3.8, 4) is 0 Å². The smallest absolute Gasteiger partial charge is 0.00532 e. The second-order valence-electron chi connectivity index (χ2n) is 3.00. The zero-order chi connectivity index (χ0) is 7.44. The largest absolute Gasteiger partial charge is 0.330 e. The van der Waals surface area contributed by atoms with Crippen molar-refractivity contribution in [3.05, 3.63) is 0 Å². The summed E-state index contributed by atoms with van der Waals surface area (Å²) in [5, 5.41) is 0. The molecule has 0 spiro atoms. The minimum absolute atomic E-state index is 0.231. The maximum Gasteiger partial charge on any atom is 0.00532 e. The van der Waals surface area contributed by atoms with E-state index in [2.05, 4.69) is 13.8 Å². The third kappa shape index (κ3) is 2.82. The molecule has 9 heavy (non-hydrogen) atoms. The summed E-state index contributed by atoms with van der Waals surface area (Å²) in [6.45, 7) is 7.02. The minimum atomic E-state index is 0.231. The number of nitrogens with two attached hydrogens (primary N) is 2. The summed E-state index contributed by atoms with van der Waals surface area (Å²) in [5.74, 6) is 1.08. The average Bonchev–Trinajstić information content (AvgIpc) is 1.64. The Morgan fingerprint density at radius 2 is 1.67 bits per heavy atom. The average molecular weight is 130 g/mol. The number of hydrogen-bond donors (Lipinski definition) is 2. The fraction of sp³-hybridized carbons (Fsp3) is 1.00. The molecule has 0 heterocycles. The predicted molar refractivity (Wildman–Crippen MR) is 41.0 cm³/mol. The molecule has 0 bridgehead atoms. The highest BCUT2D eigenvalue weighted by Gasteiger charge is 2.14. The Kier molecular flexibility index (Phi) is 3.82. The molecule has 2 unspecified atom stereocenters. The molecule has 0 rings (SSSR count). The molecule has 0 aliphatic rings. The first-order valence-corrected chi connectivity index (χ1v) is 3.55. The summed E-state index contributed by atoms with van der Waals surface area (Å²) in [6.07, 6.45) is 0.